The van der Waals surface area contributed by atoms with E-state index in [1.807, 2.05) is 0 Å². The molecule has 63 heavy (non-hydrogen) atoms. The number of hydrogen-bond donors (Lipinski definition) is 0. The summed E-state index contributed by atoms with van der Waals surface area (Å²) >= 11 is 0. The van der Waals surface area contributed by atoms with E-state index in [1.54, 1.807) is 0 Å². The number of benzene rings is 8. The molecule has 1 aromatic heterocycles. The highest BCUT2D eigenvalue weighted by molar-refractivity contribution is 5.97. The predicted molar refractivity (Wildman–Crippen MR) is 259 cm³/mol. The minimum atomic E-state index is -0.506. The van der Waals surface area contributed by atoms with Crippen molar-refractivity contribution in [3.8, 4) is 27.9 Å². The highest BCUT2D eigenvalue weighted by Crippen LogP contribution is 2.68. The van der Waals surface area contributed by atoms with Crippen LogP contribution >= 0.6 is 0 Å². The van der Waals surface area contributed by atoms with Gasteiger partial charge in [0.15, 0.2) is 0 Å². The van der Waals surface area contributed by atoms with Crippen molar-refractivity contribution in [3.63, 3.8) is 0 Å². The van der Waals surface area contributed by atoms with Crippen molar-refractivity contribution < 1.29 is 0 Å². The Kier molecular flexibility index (Phi) is 7.26. The Morgan fingerprint density at radius 3 is 1.41 bits per heavy atom. The Labute approximate surface area is 368 Å². The van der Waals surface area contributed by atoms with Gasteiger partial charge in [-0.25, -0.2) is 0 Å². The molecule has 1 heterocycles. The number of fused-ring (bicyclic) bond motifs is 19. The third kappa shape index (κ3) is 4.47. The van der Waals surface area contributed by atoms with Gasteiger partial charge in [-0.1, -0.05) is 188 Å². The third-order valence-electron chi connectivity index (χ3n) is 15.4. The Morgan fingerprint density at radius 1 is 0.333 bits per heavy atom. The third-order valence-corrected chi connectivity index (χ3v) is 15.4. The number of rotatable bonds is 3. The Balaban J connectivity index is 1.01. The normalized spacial score (nSPS) is 16.5. The monoisotopic (exact) mass is 801 g/mol. The molecule has 0 amide bonds. The smallest absolute Gasteiger partial charge is 0.0725 e. The SMILES string of the molecule is C1=C(C2=Cc3c(n(-c4ccccc4)c4ccccc34)CC2)CCC(c2cccc3c2C2(c4ccccc4-c4ccccc42)c2ccccc2C32c3ccccc3-c3ccccc32)=C1. The lowest BCUT2D eigenvalue weighted by Crippen LogP contribution is -2.44. The van der Waals surface area contributed by atoms with Gasteiger partial charge in [0.1, 0.15) is 0 Å². The van der Waals surface area contributed by atoms with Gasteiger partial charge in [-0.05, 0) is 139 Å². The van der Waals surface area contributed by atoms with E-state index in [9.17, 15) is 0 Å². The molecule has 0 aliphatic heterocycles. The van der Waals surface area contributed by atoms with Crippen LogP contribution in [0.1, 0.15) is 80.6 Å². The van der Waals surface area contributed by atoms with Gasteiger partial charge < -0.3 is 4.57 Å². The number of nitrogens with zero attached hydrogens (tertiary/aromatic N) is 1. The van der Waals surface area contributed by atoms with Crippen LogP contribution in [0.3, 0.4) is 0 Å². The summed E-state index contributed by atoms with van der Waals surface area (Å²) in [5.74, 6) is 0. The van der Waals surface area contributed by atoms with Crippen molar-refractivity contribution in [2.24, 2.45) is 0 Å². The van der Waals surface area contributed by atoms with Gasteiger partial charge in [-0.3, -0.25) is 0 Å². The summed E-state index contributed by atoms with van der Waals surface area (Å²) in [6.45, 7) is 0. The second kappa shape index (κ2) is 13.0. The van der Waals surface area contributed by atoms with E-state index in [1.165, 1.54) is 117 Å². The van der Waals surface area contributed by atoms with Crippen LogP contribution in [-0.4, -0.2) is 4.57 Å². The van der Waals surface area contributed by atoms with Crippen LogP contribution < -0.4 is 0 Å². The van der Waals surface area contributed by atoms with Crippen LogP contribution in [0, 0.1) is 0 Å². The highest BCUT2D eigenvalue weighted by Gasteiger charge is 2.59. The molecule has 5 aliphatic rings. The van der Waals surface area contributed by atoms with Gasteiger partial charge >= 0.3 is 0 Å². The van der Waals surface area contributed by atoms with E-state index in [0.717, 1.165) is 25.7 Å². The Hall–Kier alpha value is -7.48. The lowest BCUT2D eigenvalue weighted by Gasteiger charge is -2.50. The van der Waals surface area contributed by atoms with E-state index in [0.29, 0.717) is 0 Å². The zero-order chi connectivity index (χ0) is 41.3. The van der Waals surface area contributed by atoms with Crippen LogP contribution in [0.25, 0.3) is 50.5 Å². The zero-order valence-electron chi connectivity index (χ0n) is 35.0. The summed E-state index contributed by atoms with van der Waals surface area (Å²) in [6.07, 6.45) is 11.6. The topological polar surface area (TPSA) is 4.93 Å². The molecule has 0 bridgehead atoms. The Morgan fingerprint density at radius 2 is 0.794 bits per heavy atom. The quantitative estimate of drug-likeness (QED) is 0.168. The summed E-state index contributed by atoms with van der Waals surface area (Å²) in [5, 5.41) is 1.34. The van der Waals surface area contributed by atoms with Crippen LogP contribution in [0.5, 0.6) is 0 Å². The van der Waals surface area contributed by atoms with Gasteiger partial charge in [-0.15, -0.1) is 0 Å². The maximum atomic E-state index is 2.52. The summed E-state index contributed by atoms with van der Waals surface area (Å²) in [4.78, 5) is 0. The number of para-hydroxylation sites is 2. The average molecular weight is 802 g/mol. The van der Waals surface area contributed by atoms with E-state index >= 15 is 0 Å². The molecular formula is C62H43N. The molecule has 2 spiro atoms. The molecule has 0 unspecified atom stereocenters. The fourth-order valence-corrected chi connectivity index (χ4v) is 13.0. The molecule has 0 N–H and O–H groups in total. The molecule has 5 aliphatic carbocycles. The Bertz CT molecular complexity index is 3420. The van der Waals surface area contributed by atoms with Crippen LogP contribution in [0.15, 0.2) is 217 Å². The predicted octanol–water partition coefficient (Wildman–Crippen LogP) is 14.8. The number of allylic oxidation sites excluding steroid dienone is 5. The maximum Gasteiger partial charge on any atom is 0.0725 e. The molecule has 0 fully saturated rings. The standard InChI is InChI=1S/C62H43N/c1-2-17-43(18-3-1)63-58-32-15-8-23-49(58)50-39-42(37-38-59(50)63)40-33-35-41(36-34-40)44-24-16-31-57-60(44)62(53-27-11-6-21-47(53)48-22-7-12-28-54(48)62)56-30-14-13-29-55(56)61(57)51-25-9-4-19-45(51)46-20-5-10-26-52(46)61/h1-33,35,39H,34,36-38H2. The molecule has 9 aromatic rings. The van der Waals surface area contributed by atoms with Crippen molar-refractivity contribution in [2.75, 3.05) is 0 Å². The van der Waals surface area contributed by atoms with Gasteiger partial charge in [0.05, 0.1) is 16.3 Å². The van der Waals surface area contributed by atoms with Crippen LogP contribution in [0.2, 0.25) is 0 Å². The molecule has 1 nitrogen and oxygen atoms in total. The molecule has 0 radical (unpaired) electrons. The minimum absolute atomic E-state index is 0.480. The molecule has 1 heteroatoms. The zero-order valence-corrected chi connectivity index (χ0v) is 35.0. The first kappa shape index (κ1) is 35.2. The molecule has 0 saturated carbocycles. The maximum absolute atomic E-state index is 2.52. The molecular weight excluding hydrogens is 759 g/mol. The first-order valence-electron chi connectivity index (χ1n) is 22.7. The fourth-order valence-electron chi connectivity index (χ4n) is 13.0. The molecule has 296 valence electrons. The van der Waals surface area contributed by atoms with E-state index in [-0.39, 0.29) is 0 Å². The average Bonchev–Trinajstić information content (AvgIpc) is 3.96. The van der Waals surface area contributed by atoms with Crippen molar-refractivity contribution in [1.29, 1.82) is 0 Å². The van der Waals surface area contributed by atoms with E-state index in [2.05, 4.69) is 217 Å². The second-order valence-corrected chi connectivity index (χ2v) is 18.1. The summed E-state index contributed by atoms with van der Waals surface area (Å²) in [6, 6.07) is 73.6. The highest BCUT2D eigenvalue weighted by atomic mass is 15.0. The first-order valence-corrected chi connectivity index (χ1v) is 22.7. The minimum Gasteiger partial charge on any atom is -0.313 e. The van der Waals surface area contributed by atoms with E-state index < -0.39 is 10.8 Å². The van der Waals surface area contributed by atoms with Crippen LogP contribution in [-0.2, 0) is 17.3 Å². The lowest BCUT2D eigenvalue weighted by atomic mass is 9.51. The number of aromatic nitrogens is 1. The molecule has 8 aromatic carbocycles. The largest absolute Gasteiger partial charge is 0.313 e. The van der Waals surface area contributed by atoms with Crippen molar-refractivity contribution in [3.05, 3.63) is 279 Å². The molecule has 0 saturated heterocycles. The van der Waals surface area contributed by atoms with Crippen molar-refractivity contribution in [1.82, 2.24) is 4.57 Å². The van der Waals surface area contributed by atoms with Crippen molar-refractivity contribution >= 4 is 22.6 Å². The molecule has 0 atom stereocenters. The van der Waals surface area contributed by atoms with Gasteiger partial charge in [0.2, 0.25) is 0 Å². The van der Waals surface area contributed by atoms with Crippen LogP contribution in [0.4, 0.5) is 0 Å². The summed E-state index contributed by atoms with van der Waals surface area (Å²) in [7, 11) is 0. The number of hydrogen-bond acceptors (Lipinski definition) is 0. The van der Waals surface area contributed by atoms with Gasteiger partial charge in [0.25, 0.3) is 0 Å². The van der Waals surface area contributed by atoms with Gasteiger partial charge in [0, 0.05) is 22.3 Å². The second-order valence-electron chi connectivity index (χ2n) is 18.1. The summed E-state index contributed by atoms with van der Waals surface area (Å²) in [5.41, 5.74) is 26.5. The fraction of sp³-hybridized carbons (Fsp3) is 0.0968. The van der Waals surface area contributed by atoms with Crippen molar-refractivity contribution in [2.45, 2.75) is 36.5 Å². The molecule has 14 rings (SSSR count). The van der Waals surface area contributed by atoms with Gasteiger partial charge in [-0.2, -0.15) is 0 Å². The van der Waals surface area contributed by atoms with E-state index in [4.69, 9.17) is 0 Å². The lowest BCUT2D eigenvalue weighted by molar-refractivity contribution is 0.630. The summed E-state index contributed by atoms with van der Waals surface area (Å²) < 4.78 is 2.49. The first-order chi connectivity index (χ1) is 31.3.